The molecule has 0 aliphatic carbocycles. The van der Waals surface area contributed by atoms with Crippen molar-refractivity contribution < 1.29 is 14.4 Å². The molecule has 1 atom stereocenters. The van der Waals surface area contributed by atoms with Gasteiger partial charge in [0.1, 0.15) is 5.71 Å². The first kappa shape index (κ1) is 20.4. The number of nitrogens with zero attached hydrogens (tertiary/aromatic N) is 2. The van der Waals surface area contributed by atoms with Crippen molar-refractivity contribution in [2.45, 2.75) is 12.5 Å². The summed E-state index contributed by atoms with van der Waals surface area (Å²) < 4.78 is 0. The molecule has 1 aliphatic rings. The summed E-state index contributed by atoms with van der Waals surface area (Å²) in [4.78, 5) is 45.1. The van der Waals surface area contributed by atoms with Crippen LogP contribution in [0.15, 0.2) is 47.7 Å². The number of amides is 3. The highest BCUT2D eigenvalue weighted by Gasteiger charge is 2.49. The van der Waals surface area contributed by atoms with E-state index in [0.717, 1.165) is 0 Å². The van der Waals surface area contributed by atoms with E-state index in [4.69, 9.17) is 17.3 Å². The molecule has 3 rings (SSSR count). The zero-order valence-corrected chi connectivity index (χ0v) is 16.3. The molecule has 150 valence electrons. The van der Waals surface area contributed by atoms with Crippen molar-refractivity contribution in [1.29, 1.82) is 0 Å². The molecule has 9 nitrogen and oxygen atoms in total. The number of aliphatic imine (C=N–C) groups is 1. The smallest absolute Gasteiger partial charge is 0.268 e. The molecule has 5 N–H and O–H groups in total. The molecule has 0 saturated heterocycles. The lowest BCUT2D eigenvalue weighted by molar-refractivity contribution is -0.123. The van der Waals surface area contributed by atoms with E-state index in [-0.39, 0.29) is 23.0 Å². The number of anilines is 1. The molecule has 0 radical (unpaired) electrons. The molecular weight excluding hydrogens is 396 g/mol. The van der Waals surface area contributed by atoms with Crippen molar-refractivity contribution in [2.75, 3.05) is 18.5 Å². The van der Waals surface area contributed by atoms with Crippen LogP contribution in [0, 0.1) is 0 Å². The topological polar surface area (TPSA) is 139 Å². The van der Waals surface area contributed by atoms with Crippen LogP contribution in [-0.4, -0.2) is 41.6 Å². The molecule has 1 aromatic heterocycles. The SMILES string of the molecule is CCNC(=O)C1=NCNC1(C(N)=O)c1ccc(NC(=O)c2cnccc2Cl)cc1. The van der Waals surface area contributed by atoms with Gasteiger partial charge in [0, 0.05) is 24.6 Å². The Morgan fingerprint density at radius 1 is 1.21 bits per heavy atom. The first-order valence-corrected chi connectivity index (χ1v) is 9.17. The molecule has 29 heavy (non-hydrogen) atoms. The third-order valence-corrected chi connectivity index (χ3v) is 4.78. The monoisotopic (exact) mass is 414 g/mol. The van der Waals surface area contributed by atoms with Gasteiger partial charge in [0.05, 0.1) is 17.3 Å². The minimum Gasteiger partial charge on any atom is -0.367 e. The number of hydrogen-bond acceptors (Lipinski definition) is 6. The lowest BCUT2D eigenvalue weighted by Gasteiger charge is -2.28. The predicted molar refractivity (Wildman–Crippen MR) is 109 cm³/mol. The third kappa shape index (κ3) is 3.82. The standard InChI is InChI=1S/C19H19ClN6O3/c1-2-23-17(28)15-19(18(21)29,25-10-24-15)11-3-5-12(6-4-11)26-16(27)13-9-22-8-7-14(13)20/h3-9,25H,2,10H2,1H3,(H2,21,29)(H,23,28)(H,26,27). The van der Waals surface area contributed by atoms with Gasteiger partial charge in [-0.2, -0.15) is 0 Å². The minimum atomic E-state index is -1.55. The highest BCUT2D eigenvalue weighted by molar-refractivity contribution is 6.47. The van der Waals surface area contributed by atoms with E-state index in [0.29, 0.717) is 17.8 Å². The normalized spacial score (nSPS) is 18.1. The molecule has 0 bridgehead atoms. The number of pyridine rings is 1. The average molecular weight is 415 g/mol. The van der Waals surface area contributed by atoms with Crippen molar-refractivity contribution in [3.63, 3.8) is 0 Å². The summed E-state index contributed by atoms with van der Waals surface area (Å²) in [6.45, 7) is 2.22. The van der Waals surface area contributed by atoms with Crippen LogP contribution in [0.3, 0.4) is 0 Å². The van der Waals surface area contributed by atoms with E-state index in [1.165, 1.54) is 18.5 Å². The molecule has 1 aliphatic heterocycles. The van der Waals surface area contributed by atoms with Crippen LogP contribution >= 0.6 is 11.6 Å². The van der Waals surface area contributed by atoms with E-state index in [1.54, 1.807) is 31.2 Å². The second kappa shape index (κ2) is 8.38. The Balaban J connectivity index is 1.87. The summed E-state index contributed by atoms with van der Waals surface area (Å²) in [6.07, 6.45) is 2.85. The molecule has 1 aromatic carbocycles. The number of aromatic nitrogens is 1. The Hall–Kier alpha value is -3.30. The largest absolute Gasteiger partial charge is 0.367 e. The number of carbonyl (C=O) groups is 3. The Morgan fingerprint density at radius 2 is 1.93 bits per heavy atom. The fraction of sp³-hybridized carbons (Fsp3) is 0.211. The van der Waals surface area contributed by atoms with Gasteiger partial charge in [-0.15, -0.1) is 0 Å². The fourth-order valence-electron chi connectivity index (χ4n) is 3.06. The first-order chi connectivity index (χ1) is 13.9. The number of primary amides is 1. The number of nitrogens with one attached hydrogen (secondary N) is 3. The Morgan fingerprint density at radius 3 is 2.55 bits per heavy atom. The third-order valence-electron chi connectivity index (χ3n) is 4.45. The summed E-state index contributed by atoms with van der Waals surface area (Å²) >= 11 is 6.01. The average Bonchev–Trinajstić information content (AvgIpc) is 3.15. The molecule has 1 unspecified atom stereocenters. The summed E-state index contributed by atoms with van der Waals surface area (Å²) in [6, 6.07) is 7.90. The fourth-order valence-corrected chi connectivity index (χ4v) is 3.25. The summed E-state index contributed by atoms with van der Waals surface area (Å²) in [5, 5.41) is 8.53. The maximum absolute atomic E-state index is 12.4. The number of nitrogens with two attached hydrogens (primary N) is 1. The van der Waals surface area contributed by atoms with E-state index < -0.39 is 23.3 Å². The summed E-state index contributed by atoms with van der Waals surface area (Å²) in [5.41, 5.74) is 5.24. The first-order valence-electron chi connectivity index (χ1n) is 8.79. The second-order valence-corrected chi connectivity index (χ2v) is 6.61. The molecule has 0 spiro atoms. The van der Waals surface area contributed by atoms with Crippen molar-refractivity contribution in [3.05, 3.63) is 58.9 Å². The molecule has 3 amide bonds. The van der Waals surface area contributed by atoms with Crippen LogP contribution in [0.4, 0.5) is 5.69 Å². The Bertz CT molecular complexity index is 992. The number of rotatable bonds is 6. The van der Waals surface area contributed by atoms with E-state index >= 15 is 0 Å². The Kier molecular flexibility index (Phi) is 5.90. The number of hydrogen-bond donors (Lipinski definition) is 4. The predicted octanol–water partition coefficient (Wildman–Crippen LogP) is 0.806. The molecule has 0 fully saturated rings. The number of halogens is 1. The van der Waals surface area contributed by atoms with Crippen molar-refractivity contribution >= 4 is 40.7 Å². The van der Waals surface area contributed by atoms with Gasteiger partial charge in [-0.1, -0.05) is 23.7 Å². The van der Waals surface area contributed by atoms with Crippen molar-refractivity contribution in [1.82, 2.24) is 15.6 Å². The summed E-state index contributed by atoms with van der Waals surface area (Å²) in [5.74, 6) is -1.65. The van der Waals surface area contributed by atoms with Gasteiger partial charge in [-0.3, -0.25) is 29.7 Å². The van der Waals surface area contributed by atoms with Crippen LogP contribution < -0.4 is 21.7 Å². The van der Waals surface area contributed by atoms with E-state index in [9.17, 15) is 14.4 Å². The summed E-state index contributed by atoms with van der Waals surface area (Å²) in [7, 11) is 0. The van der Waals surface area contributed by atoms with Crippen LogP contribution in [0.25, 0.3) is 0 Å². The van der Waals surface area contributed by atoms with E-state index in [2.05, 4.69) is 25.9 Å². The van der Waals surface area contributed by atoms with Crippen molar-refractivity contribution in [2.24, 2.45) is 10.7 Å². The molecule has 0 saturated carbocycles. The van der Waals surface area contributed by atoms with Gasteiger partial charge in [0.2, 0.25) is 5.91 Å². The zero-order valence-electron chi connectivity index (χ0n) is 15.5. The van der Waals surface area contributed by atoms with E-state index in [1.807, 2.05) is 0 Å². The van der Waals surface area contributed by atoms with Gasteiger partial charge in [0.25, 0.3) is 11.8 Å². The molecule has 2 heterocycles. The lowest BCUT2D eigenvalue weighted by Crippen LogP contribution is -2.58. The quantitative estimate of drug-likeness (QED) is 0.554. The maximum atomic E-state index is 12.4. The molecule has 2 aromatic rings. The van der Waals surface area contributed by atoms with Gasteiger partial charge in [0.15, 0.2) is 5.54 Å². The number of carbonyl (C=O) groups excluding carboxylic acids is 3. The lowest BCUT2D eigenvalue weighted by atomic mass is 9.84. The van der Waals surface area contributed by atoms with Gasteiger partial charge < -0.3 is 16.4 Å². The van der Waals surface area contributed by atoms with Crippen LogP contribution in [0.5, 0.6) is 0 Å². The molecular formula is C19H19ClN6O3. The van der Waals surface area contributed by atoms with Crippen LogP contribution in [-0.2, 0) is 15.1 Å². The van der Waals surface area contributed by atoms with Gasteiger partial charge >= 0.3 is 0 Å². The zero-order chi connectivity index (χ0) is 21.0. The minimum absolute atomic E-state index is 0.00535. The van der Waals surface area contributed by atoms with Gasteiger partial charge in [-0.25, -0.2) is 0 Å². The van der Waals surface area contributed by atoms with Gasteiger partial charge in [-0.05, 0) is 30.7 Å². The second-order valence-electron chi connectivity index (χ2n) is 6.20. The van der Waals surface area contributed by atoms with Crippen LogP contribution in [0.2, 0.25) is 5.02 Å². The Labute approximate surface area is 171 Å². The number of benzene rings is 1. The highest BCUT2D eigenvalue weighted by atomic mass is 35.5. The molecule has 10 heteroatoms. The van der Waals surface area contributed by atoms with Crippen LogP contribution in [0.1, 0.15) is 22.8 Å². The maximum Gasteiger partial charge on any atom is 0.268 e. The highest BCUT2D eigenvalue weighted by Crippen LogP contribution is 2.28. The van der Waals surface area contributed by atoms with Crippen molar-refractivity contribution in [3.8, 4) is 0 Å².